The molecule has 3 heteroatoms. The molecule has 0 aromatic rings. The highest BCUT2D eigenvalue weighted by Crippen LogP contribution is 2.16. The zero-order chi connectivity index (χ0) is 6.85. The highest BCUT2D eigenvalue weighted by molar-refractivity contribution is 4.68. The fourth-order valence-corrected chi connectivity index (χ4v) is 0.818. The lowest BCUT2D eigenvalue weighted by Crippen LogP contribution is -2.13. The molecule has 0 bridgehead atoms. The van der Waals surface area contributed by atoms with Crippen molar-refractivity contribution in [1.82, 2.24) is 0 Å². The van der Waals surface area contributed by atoms with Crippen molar-refractivity contribution in [2.45, 2.75) is 32.3 Å². The molecule has 0 radical (unpaired) electrons. The Morgan fingerprint density at radius 3 is 1.89 bits per heavy atom. The van der Waals surface area contributed by atoms with Crippen molar-refractivity contribution in [3.8, 4) is 0 Å². The van der Waals surface area contributed by atoms with Gasteiger partial charge in [-0.15, -0.1) is 0 Å². The van der Waals surface area contributed by atoms with E-state index in [0.717, 1.165) is 0 Å². The van der Waals surface area contributed by atoms with Gasteiger partial charge in [-0.2, -0.15) is 0 Å². The molecule has 0 aromatic heterocycles. The third-order valence-electron chi connectivity index (χ3n) is 1.54. The minimum atomic E-state index is -0.394. The highest BCUT2D eigenvalue weighted by atomic mass is 16.7. The van der Waals surface area contributed by atoms with Crippen molar-refractivity contribution in [2.24, 2.45) is 0 Å². The van der Waals surface area contributed by atoms with Gasteiger partial charge in [0.1, 0.15) is 0 Å². The molecular weight excluding hydrogens is 120 g/mol. The Labute approximate surface area is 54.6 Å². The number of ether oxygens (including phenoxy) is 2. The fraction of sp³-hybridized carbons (Fsp3) is 1.00. The molecule has 0 aliphatic carbocycles. The van der Waals surface area contributed by atoms with Gasteiger partial charge in [0.25, 0.3) is 0 Å². The van der Waals surface area contributed by atoms with E-state index in [2.05, 4.69) is 0 Å². The number of hydrogen-bond acceptors (Lipinski definition) is 3. The van der Waals surface area contributed by atoms with Gasteiger partial charge in [-0.3, -0.25) is 0 Å². The van der Waals surface area contributed by atoms with Gasteiger partial charge >= 0.3 is 0 Å². The average molecular weight is 132 g/mol. The molecule has 9 heavy (non-hydrogen) atoms. The fourth-order valence-electron chi connectivity index (χ4n) is 0.818. The molecule has 0 saturated carbocycles. The normalized spacial score (nSPS) is 43.7. The van der Waals surface area contributed by atoms with Gasteiger partial charge in [-0.1, -0.05) is 0 Å². The number of hydrogen-bond donors (Lipinski definition) is 1. The molecule has 1 saturated heterocycles. The number of aliphatic hydroxyl groups excluding tert-OH is 1. The summed E-state index contributed by atoms with van der Waals surface area (Å²) in [5, 5.41) is 8.55. The maximum Gasteiger partial charge on any atom is 0.181 e. The van der Waals surface area contributed by atoms with E-state index in [0.29, 0.717) is 0 Å². The first-order valence-electron chi connectivity index (χ1n) is 3.16. The van der Waals surface area contributed by atoms with E-state index in [1.807, 2.05) is 13.8 Å². The molecule has 54 valence electrons. The first kappa shape index (κ1) is 6.99. The van der Waals surface area contributed by atoms with Crippen molar-refractivity contribution >= 4 is 0 Å². The maximum absolute atomic E-state index is 8.55. The van der Waals surface area contributed by atoms with Crippen molar-refractivity contribution < 1.29 is 14.6 Å². The van der Waals surface area contributed by atoms with Crippen LogP contribution in [0.15, 0.2) is 0 Å². The van der Waals surface area contributed by atoms with E-state index in [1.54, 1.807) is 0 Å². The van der Waals surface area contributed by atoms with Crippen LogP contribution in [0.25, 0.3) is 0 Å². The van der Waals surface area contributed by atoms with E-state index >= 15 is 0 Å². The summed E-state index contributed by atoms with van der Waals surface area (Å²) in [5.41, 5.74) is 0. The van der Waals surface area contributed by atoms with Crippen LogP contribution >= 0.6 is 0 Å². The van der Waals surface area contributed by atoms with Crippen molar-refractivity contribution in [2.75, 3.05) is 6.61 Å². The molecule has 1 fully saturated rings. The van der Waals surface area contributed by atoms with Crippen LogP contribution in [-0.4, -0.2) is 30.2 Å². The van der Waals surface area contributed by atoms with Crippen LogP contribution in [0.3, 0.4) is 0 Å². The van der Waals surface area contributed by atoms with Gasteiger partial charge in [0, 0.05) is 0 Å². The largest absolute Gasteiger partial charge is 0.391 e. The van der Waals surface area contributed by atoms with Gasteiger partial charge in [0.2, 0.25) is 0 Å². The topological polar surface area (TPSA) is 38.7 Å². The van der Waals surface area contributed by atoms with Gasteiger partial charge in [-0.25, -0.2) is 0 Å². The molecule has 0 amide bonds. The Bertz CT molecular complexity index is 84.3. The smallest absolute Gasteiger partial charge is 0.181 e. The van der Waals surface area contributed by atoms with E-state index in [4.69, 9.17) is 14.6 Å². The van der Waals surface area contributed by atoms with Crippen LogP contribution in [-0.2, 0) is 9.47 Å². The minimum absolute atomic E-state index is 0.0469. The summed E-state index contributed by atoms with van der Waals surface area (Å²) in [5.74, 6) is 0. The van der Waals surface area contributed by atoms with Gasteiger partial charge in [0.05, 0.1) is 18.8 Å². The second-order valence-electron chi connectivity index (χ2n) is 2.29. The summed E-state index contributed by atoms with van der Waals surface area (Å²) in [4.78, 5) is 0. The van der Waals surface area contributed by atoms with Gasteiger partial charge < -0.3 is 14.6 Å². The monoisotopic (exact) mass is 132 g/mol. The molecule has 1 N–H and O–H groups in total. The predicted molar refractivity (Wildman–Crippen MR) is 32.0 cm³/mol. The minimum Gasteiger partial charge on any atom is -0.391 e. The maximum atomic E-state index is 8.55. The van der Waals surface area contributed by atoms with E-state index in [-0.39, 0.29) is 18.8 Å². The van der Waals surface area contributed by atoms with E-state index in [1.165, 1.54) is 0 Å². The number of rotatable bonds is 1. The summed E-state index contributed by atoms with van der Waals surface area (Å²) in [6, 6.07) is 0. The van der Waals surface area contributed by atoms with Crippen LogP contribution in [0.2, 0.25) is 0 Å². The van der Waals surface area contributed by atoms with Crippen LogP contribution in [0.5, 0.6) is 0 Å². The molecule has 1 heterocycles. The Kier molecular flexibility index (Phi) is 2.05. The van der Waals surface area contributed by atoms with Crippen LogP contribution in [0.4, 0.5) is 0 Å². The second-order valence-corrected chi connectivity index (χ2v) is 2.29. The molecule has 1 aliphatic rings. The van der Waals surface area contributed by atoms with Crippen LogP contribution < -0.4 is 0 Å². The lowest BCUT2D eigenvalue weighted by Gasteiger charge is -2.02. The molecule has 3 nitrogen and oxygen atoms in total. The Balaban J connectivity index is 2.35. The van der Waals surface area contributed by atoms with Gasteiger partial charge in [-0.05, 0) is 13.8 Å². The standard InChI is InChI=1S/C6H12O3/c1-4-5(2)9-6(3-7)8-4/h4-7H,3H2,1-2H3/t4-,5?,6-/m1/s1. The summed E-state index contributed by atoms with van der Waals surface area (Å²) in [7, 11) is 0. The Morgan fingerprint density at radius 1 is 1.22 bits per heavy atom. The first-order chi connectivity index (χ1) is 4.24. The Morgan fingerprint density at radius 2 is 1.67 bits per heavy atom. The molecule has 0 spiro atoms. The summed E-state index contributed by atoms with van der Waals surface area (Å²) in [6.07, 6.45) is -0.167. The third kappa shape index (κ3) is 1.41. The molecule has 1 unspecified atom stereocenters. The lowest BCUT2D eigenvalue weighted by atomic mass is 10.3. The van der Waals surface area contributed by atoms with Crippen molar-refractivity contribution in [3.05, 3.63) is 0 Å². The van der Waals surface area contributed by atoms with Crippen molar-refractivity contribution in [3.63, 3.8) is 0 Å². The summed E-state index contributed by atoms with van der Waals surface area (Å²) >= 11 is 0. The van der Waals surface area contributed by atoms with Gasteiger partial charge in [0.15, 0.2) is 6.29 Å². The molecule has 1 rings (SSSR count). The van der Waals surface area contributed by atoms with Crippen molar-refractivity contribution in [1.29, 1.82) is 0 Å². The van der Waals surface area contributed by atoms with Crippen LogP contribution in [0, 0.1) is 0 Å². The zero-order valence-electron chi connectivity index (χ0n) is 5.70. The Hall–Kier alpha value is -0.120. The van der Waals surface area contributed by atoms with E-state index in [9.17, 15) is 0 Å². The van der Waals surface area contributed by atoms with Crippen LogP contribution in [0.1, 0.15) is 13.8 Å². The molecular formula is C6H12O3. The molecule has 1 aliphatic heterocycles. The average Bonchev–Trinajstić information content (AvgIpc) is 2.13. The summed E-state index contributed by atoms with van der Waals surface area (Å²) < 4.78 is 10.3. The predicted octanol–water partition coefficient (Wildman–Crippen LogP) is 0.129. The quantitative estimate of drug-likeness (QED) is 0.551. The first-order valence-corrected chi connectivity index (χ1v) is 3.16. The molecule has 0 aromatic carbocycles. The third-order valence-corrected chi connectivity index (χ3v) is 1.54. The number of aliphatic hydroxyl groups is 1. The zero-order valence-corrected chi connectivity index (χ0v) is 5.70. The molecule has 3 atom stereocenters. The summed E-state index contributed by atoms with van der Waals surface area (Å²) in [6.45, 7) is 3.81. The van der Waals surface area contributed by atoms with E-state index < -0.39 is 6.29 Å². The highest BCUT2D eigenvalue weighted by Gasteiger charge is 2.28. The second kappa shape index (κ2) is 2.64. The lowest BCUT2D eigenvalue weighted by molar-refractivity contribution is -0.0921. The SMILES string of the molecule is CC1O[C@H](CO)O[C@@H]1C.